The molecule has 0 radical (unpaired) electrons. The lowest BCUT2D eigenvalue weighted by atomic mass is 9.93. The number of hydrogen-bond acceptors (Lipinski definition) is 3. The summed E-state index contributed by atoms with van der Waals surface area (Å²) in [5, 5.41) is 0. The molecule has 220 valence electrons. The van der Waals surface area contributed by atoms with Gasteiger partial charge in [-0.05, 0) is 61.7 Å². The van der Waals surface area contributed by atoms with E-state index >= 15 is 0 Å². The molecular weight excluding hydrogens is 546 g/mol. The van der Waals surface area contributed by atoms with E-state index in [0.717, 1.165) is 31.1 Å². The van der Waals surface area contributed by atoms with Gasteiger partial charge in [-0.3, -0.25) is 9.69 Å². The van der Waals surface area contributed by atoms with Crippen LogP contribution in [0.2, 0.25) is 0 Å². The number of likely N-dealkylation sites (tertiary alicyclic amines) is 2. The number of alkyl halides is 7. The van der Waals surface area contributed by atoms with Crippen LogP contribution >= 0.6 is 0 Å². The van der Waals surface area contributed by atoms with E-state index in [0.29, 0.717) is 49.5 Å². The predicted octanol–water partition coefficient (Wildman–Crippen LogP) is 6.23. The van der Waals surface area contributed by atoms with Crippen molar-refractivity contribution in [3.05, 3.63) is 70.5 Å². The van der Waals surface area contributed by atoms with Gasteiger partial charge in [-0.15, -0.1) is 0 Å². The quantitative estimate of drug-likeness (QED) is 0.349. The molecular formula is C28H31F8N3O. The lowest BCUT2D eigenvalue weighted by Crippen LogP contribution is -2.61. The number of nitrogens with zero attached hydrogens (tertiary/aromatic N) is 3. The Balaban J connectivity index is 1.45. The van der Waals surface area contributed by atoms with Gasteiger partial charge in [-0.1, -0.05) is 12.1 Å². The maximum atomic E-state index is 13.6. The van der Waals surface area contributed by atoms with Crippen molar-refractivity contribution in [3.8, 4) is 0 Å². The molecule has 0 saturated carbocycles. The highest BCUT2D eigenvalue weighted by Crippen LogP contribution is 2.37. The van der Waals surface area contributed by atoms with Gasteiger partial charge in [-0.25, -0.2) is 8.78 Å². The maximum absolute atomic E-state index is 13.6. The van der Waals surface area contributed by atoms with Gasteiger partial charge < -0.3 is 9.80 Å². The summed E-state index contributed by atoms with van der Waals surface area (Å²) in [5.74, 6) is -1.79. The molecule has 2 saturated heterocycles. The average molecular weight is 578 g/mol. The third kappa shape index (κ3) is 7.51. The lowest BCUT2D eigenvalue weighted by molar-refractivity contribution is -0.143. The van der Waals surface area contributed by atoms with E-state index in [2.05, 4.69) is 9.80 Å². The van der Waals surface area contributed by atoms with Crippen molar-refractivity contribution in [2.45, 2.75) is 49.7 Å². The molecule has 2 aromatic rings. The molecule has 4 rings (SSSR count). The predicted molar refractivity (Wildman–Crippen MR) is 133 cm³/mol. The van der Waals surface area contributed by atoms with Gasteiger partial charge in [0.1, 0.15) is 12.0 Å². The normalized spacial score (nSPS) is 18.9. The van der Waals surface area contributed by atoms with Gasteiger partial charge in [0.15, 0.2) is 0 Å². The van der Waals surface area contributed by atoms with E-state index < -0.39 is 46.9 Å². The Hall–Kier alpha value is -2.73. The minimum Gasteiger partial charge on any atom is -0.341 e. The Morgan fingerprint density at radius 1 is 0.950 bits per heavy atom. The lowest BCUT2D eigenvalue weighted by Gasteiger charge is -2.47. The fourth-order valence-electron chi connectivity index (χ4n) is 5.34. The number of benzene rings is 2. The van der Waals surface area contributed by atoms with Crippen LogP contribution in [0.1, 0.15) is 52.2 Å². The standard InChI is InChI=1S/C28H31F8N3O/c1-37(26(40)20-12-21(27(31,32)33)14-22(13-20)28(34,35)36)15-19(18-2-4-23(29)5-3-18)6-9-38-16-25(17-38)39-10-7-24(30)8-11-39/h2-5,12-14,19,24-25H,6-11,15-17H2,1H3. The molecule has 0 aliphatic carbocycles. The van der Waals surface area contributed by atoms with Crippen molar-refractivity contribution in [2.75, 3.05) is 46.3 Å². The zero-order valence-electron chi connectivity index (χ0n) is 21.9. The topological polar surface area (TPSA) is 26.8 Å². The average Bonchev–Trinajstić information content (AvgIpc) is 2.86. The van der Waals surface area contributed by atoms with E-state index in [9.17, 15) is 39.9 Å². The molecule has 4 nitrogen and oxygen atoms in total. The van der Waals surface area contributed by atoms with Gasteiger partial charge in [0, 0.05) is 57.3 Å². The second-order valence-electron chi connectivity index (χ2n) is 10.6. The van der Waals surface area contributed by atoms with Gasteiger partial charge in [0.25, 0.3) is 5.91 Å². The number of hydrogen-bond donors (Lipinski definition) is 0. The third-order valence-electron chi connectivity index (χ3n) is 7.72. The van der Waals surface area contributed by atoms with E-state index in [1.54, 1.807) is 12.1 Å². The Morgan fingerprint density at radius 3 is 2.02 bits per heavy atom. The number of halogens is 8. The molecule has 0 aromatic heterocycles. The first-order valence-electron chi connectivity index (χ1n) is 13.1. The molecule has 40 heavy (non-hydrogen) atoms. The van der Waals surface area contributed by atoms with E-state index in [-0.39, 0.29) is 18.5 Å². The highest BCUT2D eigenvalue weighted by Gasteiger charge is 2.38. The fraction of sp³-hybridized carbons (Fsp3) is 0.536. The minimum atomic E-state index is -5.07. The number of carbonyl (C=O) groups excluding carboxylic acids is 1. The smallest absolute Gasteiger partial charge is 0.341 e. The third-order valence-corrected chi connectivity index (χ3v) is 7.72. The molecule has 2 heterocycles. The van der Waals surface area contributed by atoms with E-state index in [4.69, 9.17) is 0 Å². The Labute approximate surface area is 227 Å². The number of carbonyl (C=O) groups is 1. The van der Waals surface area contributed by atoms with E-state index in [1.165, 1.54) is 19.2 Å². The van der Waals surface area contributed by atoms with Gasteiger partial charge >= 0.3 is 12.4 Å². The molecule has 2 fully saturated rings. The molecule has 2 aromatic carbocycles. The molecule has 0 N–H and O–H groups in total. The van der Waals surface area contributed by atoms with Gasteiger partial charge in [-0.2, -0.15) is 26.3 Å². The largest absolute Gasteiger partial charge is 0.416 e. The summed E-state index contributed by atoms with van der Waals surface area (Å²) in [6.07, 6.45) is -9.30. The molecule has 12 heteroatoms. The zero-order chi connectivity index (χ0) is 29.2. The van der Waals surface area contributed by atoms with Crippen LogP contribution in [0, 0.1) is 5.82 Å². The summed E-state index contributed by atoms with van der Waals surface area (Å²) in [6, 6.07) is 6.82. The van der Waals surface area contributed by atoms with Crippen LogP contribution < -0.4 is 0 Å². The molecule has 0 bridgehead atoms. The Morgan fingerprint density at radius 2 is 1.50 bits per heavy atom. The van der Waals surface area contributed by atoms with Gasteiger partial charge in [0.2, 0.25) is 0 Å². The van der Waals surface area contributed by atoms with Crippen molar-refractivity contribution < 1.29 is 39.9 Å². The highest BCUT2D eigenvalue weighted by molar-refractivity contribution is 5.94. The summed E-state index contributed by atoms with van der Waals surface area (Å²) in [7, 11) is 1.32. The van der Waals surface area contributed by atoms with Crippen LogP contribution in [-0.4, -0.2) is 79.1 Å². The number of likely N-dealkylation sites (N-methyl/N-ethyl adjacent to an activating group) is 1. The van der Waals surface area contributed by atoms with Crippen LogP contribution in [-0.2, 0) is 12.4 Å². The first-order valence-corrected chi connectivity index (χ1v) is 13.1. The highest BCUT2D eigenvalue weighted by atomic mass is 19.4. The molecule has 1 unspecified atom stereocenters. The molecule has 0 spiro atoms. The number of piperidine rings is 1. The van der Waals surface area contributed by atoms with Crippen LogP contribution in [0.3, 0.4) is 0 Å². The molecule has 2 aliphatic rings. The molecule has 2 aliphatic heterocycles. The number of amides is 1. The van der Waals surface area contributed by atoms with Crippen LogP contribution in [0.15, 0.2) is 42.5 Å². The van der Waals surface area contributed by atoms with Crippen molar-refractivity contribution in [1.29, 1.82) is 0 Å². The summed E-state index contributed by atoms with van der Waals surface area (Å²) in [5.41, 5.74) is -3.14. The Bertz CT molecular complexity index is 1120. The minimum absolute atomic E-state index is 0.00332. The first kappa shape index (κ1) is 30.2. The van der Waals surface area contributed by atoms with Crippen LogP contribution in [0.4, 0.5) is 35.1 Å². The molecule has 1 atom stereocenters. The summed E-state index contributed by atoms with van der Waals surface area (Å²) >= 11 is 0. The Kier molecular flexibility index (Phi) is 9.08. The fourth-order valence-corrected chi connectivity index (χ4v) is 5.34. The van der Waals surface area contributed by atoms with Crippen molar-refractivity contribution >= 4 is 5.91 Å². The monoisotopic (exact) mass is 577 g/mol. The summed E-state index contributed by atoms with van der Waals surface area (Å²) < 4.78 is 107. The SMILES string of the molecule is CN(CC(CCN1CC(N2CCC(F)CC2)C1)c1ccc(F)cc1)C(=O)c1cc(C(F)(F)F)cc(C(F)(F)F)c1. The number of rotatable bonds is 8. The van der Waals surface area contributed by atoms with Crippen molar-refractivity contribution in [1.82, 2.24) is 14.7 Å². The van der Waals surface area contributed by atoms with Crippen molar-refractivity contribution in [2.24, 2.45) is 0 Å². The molecule has 1 amide bonds. The second-order valence-corrected chi connectivity index (χ2v) is 10.6. The van der Waals surface area contributed by atoms with Crippen LogP contribution in [0.25, 0.3) is 0 Å². The van der Waals surface area contributed by atoms with Gasteiger partial charge in [0.05, 0.1) is 11.1 Å². The summed E-state index contributed by atoms with van der Waals surface area (Å²) in [6.45, 7) is 3.66. The van der Waals surface area contributed by atoms with E-state index in [1.807, 2.05) is 0 Å². The van der Waals surface area contributed by atoms with Crippen molar-refractivity contribution in [3.63, 3.8) is 0 Å². The first-order chi connectivity index (χ1) is 18.7. The second kappa shape index (κ2) is 12.0. The van der Waals surface area contributed by atoms with Crippen LogP contribution in [0.5, 0.6) is 0 Å². The zero-order valence-corrected chi connectivity index (χ0v) is 21.9. The maximum Gasteiger partial charge on any atom is 0.416 e. The summed E-state index contributed by atoms with van der Waals surface area (Å²) in [4.78, 5) is 18.6.